The Labute approximate surface area is 152 Å². The molecule has 2 aromatic heterocycles. The minimum Gasteiger partial charge on any atom is -0.372 e. The monoisotopic (exact) mass is 350 g/mol. The van der Waals surface area contributed by atoms with Gasteiger partial charge in [-0.3, -0.25) is 4.79 Å². The number of benzene rings is 1. The summed E-state index contributed by atoms with van der Waals surface area (Å²) in [5.74, 6) is -0.0555. The summed E-state index contributed by atoms with van der Waals surface area (Å²) >= 11 is 0. The zero-order chi connectivity index (χ0) is 18.3. The average Bonchev–Trinajstić information content (AvgIpc) is 3.06. The normalized spacial score (nSPS) is 20.5. The van der Waals surface area contributed by atoms with Crippen LogP contribution in [0.1, 0.15) is 30.0 Å². The van der Waals surface area contributed by atoms with Gasteiger partial charge in [-0.1, -0.05) is 30.3 Å². The number of hydrogen-bond donors (Lipinski definition) is 0. The summed E-state index contributed by atoms with van der Waals surface area (Å²) in [5, 5.41) is 4.63. The molecule has 6 heteroatoms. The van der Waals surface area contributed by atoms with Crippen LogP contribution in [-0.4, -0.2) is 50.7 Å². The predicted molar refractivity (Wildman–Crippen MR) is 99.1 cm³/mol. The van der Waals surface area contributed by atoms with Crippen LogP contribution in [0.25, 0.3) is 16.9 Å². The number of amides is 1. The lowest BCUT2D eigenvalue weighted by Gasteiger charge is -2.35. The van der Waals surface area contributed by atoms with Gasteiger partial charge in [0.25, 0.3) is 5.91 Å². The number of aromatic nitrogens is 3. The topological polar surface area (TPSA) is 59.7 Å². The van der Waals surface area contributed by atoms with E-state index in [1.165, 1.54) is 0 Å². The van der Waals surface area contributed by atoms with Gasteiger partial charge < -0.3 is 9.64 Å². The van der Waals surface area contributed by atoms with Gasteiger partial charge >= 0.3 is 0 Å². The summed E-state index contributed by atoms with van der Waals surface area (Å²) in [6.45, 7) is 7.09. The Balaban J connectivity index is 1.69. The molecule has 1 saturated heterocycles. The van der Waals surface area contributed by atoms with Crippen molar-refractivity contribution >= 4 is 11.6 Å². The van der Waals surface area contributed by atoms with Gasteiger partial charge in [-0.05, 0) is 26.8 Å². The van der Waals surface area contributed by atoms with E-state index < -0.39 is 0 Å². The molecule has 1 aliphatic rings. The van der Waals surface area contributed by atoms with Crippen LogP contribution in [0, 0.1) is 6.92 Å². The van der Waals surface area contributed by atoms with E-state index >= 15 is 0 Å². The third kappa shape index (κ3) is 3.08. The van der Waals surface area contributed by atoms with Gasteiger partial charge in [0, 0.05) is 30.4 Å². The first-order valence-electron chi connectivity index (χ1n) is 8.89. The molecule has 6 nitrogen and oxygen atoms in total. The molecule has 1 aliphatic heterocycles. The van der Waals surface area contributed by atoms with Crippen molar-refractivity contribution < 1.29 is 9.53 Å². The lowest BCUT2D eigenvalue weighted by molar-refractivity contribution is -0.0587. The fraction of sp³-hybridized carbons (Fsp3) is 0.350. The van der Waals surface area contributed by atoms with Crippen LogP contribution in [0.3, 0.4) is 0 Å². The largest absolute Gasteiger partial charge is 0.372 e. The Hall–Kier alpha value is -2.73. The molecular weight excluding hydrogens is 328 g/mol. The highest BCUT2D eigenvalue weighted by Gasteiger charge is 2.27. The van der Waals surface area contributed by atoms with E-state index in [1.807, 2.05) is 68.1 Å². The number of nitrogens with zero attached hydrogens (tertiary/aromatic N) is 4. The Morgan fingerprint density at radius 2 is 1.81 bits per heavy atom. The molecule has 0 aliphatic carbocycles. The summed E-state index contributed by atoms with van der Waals surface area (Å²) in [4.78, 5) is 19.3. The van der Waals surface area contributed by atoms with E-state index in [2.05, 4.69) is 10.1 Å². The van der Waals surface area contributed by atoms with E-state index in [9.17, 15) is 4.79 Å². The average molecular weight is 350 g/mol. The molecule has 2 unspecified atom stereocenters. The zero-order valence-corrected chi connectivity index (χ0v) is 15.2. The summed E-state index contributed by atoms with van der Waals surface area (Å²) in [6.07, 6.45) is 0.0688. The maximum Gasteiger partial charge on any atom is 0.272 e. The molecule has 0 N–H and O–H groups in total. The van der Waals surface area contributed by atoms with Gasteiger partial charge in [-0.2, -0.15) is 5.10 Å². The van der Waals surface area contributed by atoms with Gasteiger partial charge in [-0.15, -0.1) is 0 Å². The molecular formula is C20H22N4O2. The lowest BCUT2D eigenvalue weighted by atomic mass is 10.2. The fourth-order valence-electron chi connectivity index (χ4n) is 3.49. The van der Waals surface area contributed by atoms with Crippen LogP contribution >= 0.6 is 0 Å². The summed E-state index contributed by atoms with van der Waals surface area (Å²) in [6, 6.07) is 13.7. The number of ether oxygens (including phenoxy) is 1. The highest BCUT2D eigenvalue weighted by molar-refractivity contribution is 5.93. The molecule has 3 aromatic rings. The van der Waals surface area contributed by atoms with Crippen molar-refractivity contribution in [1.29, 1.82) is 0 Å². The van der Waals surface area contributed by atoms with Crippen molar-refractivity contribution in [3.8, 4) is 11.3 Å². The van der Waals surface area contributed by atoms with Crippen LogP contribution in [0.15, 0.2) is 42.5 Å². The standard InChI is InChI=1S/C20H22N4O2/c1-13-9-18(20(25)23-11-14(2)26-15(3)12-23)21-19-10-17(22-24(13)19)16-7-5-4-6-8-16/h4-10,14-15H,11-12H2,1-3H3. The summed E-state index contributed by atoms with van der Waals surface area (Å²) in [5.41, 5.74) is 3.90. The Morgan fingerprint density at radius 1 is 1.12 bits per heavy atom. The van der Waals surface area contributed by atoms with E-state index in [0.29, 0.717) is 24.4 Å². The molecule has 3 heterocycles. The van der Waals surface area contributed by atoms with E-state index in [0.717, 1.165) is 17.0 Å². The molecule has 4 rings (SSSR count). The molecule has 2 atom stereocenters. The Kier molecular flexibility index (Phi) is 4.20. The third-order valence-electron chi connectivity index (χ3n) is 4.60. The molecule has 0 bridgehead atoms. The van der Waals surface area contributed by atoms with Gasteiger partial charge in [0.2, 0.25) is 0 Å². The highest BCUT2D eigenvalue weighted by Crippen LogP contribution is 2.21. The zero-order valence-electron chi connectivity index (χ0n) is 15.2. The second kappa shape index (κ2) is 6.53. The van der Waals surface area contributed by atoms with Crippen molar-refractivity contribution in [2.75, 3.05) is 13.1 Å². The van der Waals surface area contributed by atoms with Crippen LogP contribution in [0.5, 0.6) is 0 Å². The highest BCUT2D eigenvalue weighted by atomic mass is 16.5. The Bertz CT molecular complexity index is 941. The number of hydrogen-bond acceptors (Lipinski definition) is 4. The SMILES string of the molecule is Cc1cc(C(=O)N2CC(C)OC(C)C2)nc2cc(-c3ccccc3)nn12. The molecule has 1 amide bonds. The van der Waals surface area contributed by atoms with Crippen LogP contribution in [0.4, 0.5) is 0 Å². The summed E-state index contributed by atoms with van der Waals surface area (Å²) < 4.78 is 7.50. The quantitative estimate of drug-likeness (QED) is 0.713. The van der Waals surface area contributed by atoms with Crippen molar-refractivity contribution in [1.82, 2.24) is 19.5 Å². The first kappa shape index (κ1) is 16.7. The summed E-state index contributed by atoms with van der Waals surface area (Å²) in [7, 11) is 0. The van der Waals surface area contributed by atoms with Crippen molar-refractivity contribution in [3.05, 3.63) is 53.9 Å². The molecule has 134 valence electrons. The van der Waals surface area contributed by atoms with Gasteiger partial charge in [0.1, 0.15) is 5.69 Å². The number of morpholine rings is 1. The third-order valence-corrected chi connectivity index (χ3v) is 4.60. The smallest absolute Gasteiger partial charge is 0.272 e. The van der Waals surface area contributed by atoms with Crippen molar-refractivity contribution in [2.45, 2.75) is 33.0 Å². The van der Waals surface area contributed by atoms with Gasteiger partial charge in [0.05, 0.1) is 17.9 Å². The van der Waals surface area contributed by atoms with Crippen molar-refractivity contribution in [3.63, 3.8) is 0 Å². The maximum atomic E-state index is 12.9. The number of carbonyl (C=O) groups is 1. The minimum atomic E-state index is -0.0555. The number of fused-ring (bicyclic) bond motifs is 1. The van der Waals surface area contributed by atoms with Crippen molar-refractivity contribution in [2.24, 2.45) is 0 Å². The molecule has 0 radical (unpaired) electrons. The second-order valence-corrected chi connectivity index (χ2v) is 6.92. The first-order valence-corrected chi connectivity index (χ1v) is 8.89. The molecule has 1 fully saturated rings. The molecule has 26 heavy (non-hydrogen) atoms. The maximum absolute atomic E-state index is 12.9. The lowest BCUT2D eigenvalue weighted by Crippen LogP contribution is -2.48. The molecule has 0 spiro atoms. The first-order chi connectivity index (χ1) is 12.5. The van der Waals surface area contributed by atoms with Crippen LogP contribution in [0.2, 0.25) is 0 Å². The van der Waals surface area contributed by atoms with Crippen LogP contribution in [-0.2, 0) is 4.74 Å². The van der Waals surface area contributed by atoms with Crippen LogP contribution < -0.4 is 0 Å². The molecule has 0 saturated carbocycles. The number of aryl methyl sites for hydroxylation is 1. The van der Waals surface area contributed by atoms with E-state index in [4.69, 9.17) is 4.74 Å². The second-order valence-electron chi connectivity index (χ2n) is 6.92. The van der Waals surface area contributed by atoms with Gasteiger partial charge in [0.15, 0.2) is 5.65 Å². The Morgan fingerprint density at radius 3 is 2.50 bits per heavy atom. The molecule has 1 aromatic carbocycles. The number of rotatable bonds is 2. The fourth-order valence-corrected chi connectivity index (χ4v) is 3.49. The van der Waals surface area contributed by atoms with E-state index in [1.54, 1.807) is 4.52 Å². The predicted octanol–water partition coefficient (Wildman–Crippen LogP) is 2.95. The van der Waals surface area contributed by atoms with Gasteiger partial charge in [-0.25, -0.2) is 9.50 Å². The van der Waals surface area contributed by atoms with E-state index in [-0.39, 0.29) is 18.1 Å². The number of carbonyl (C=O) groups excluding carboxylic acids is 1. The minimum absolute atomic E-state index is 0.0344.